The van der Waals surface area contributed by atoms with Gasteiger partial charge in [0.25, 0.3) is 5.56 Å². The quantitative estimate of drug-likeness (QED) is 0.570. The van der Waals surface area contributed by atoms with Gasteiger partial charge in [0.15, 0.2) is 11.2 Å². The molecular formula is C17H18N6O2. The molecule has 0 spiro atoms. The van der Waals surface area contributed by atoms with Crippen LogP contribution in [0, 0.1) is 0 Å². The summed E-state index contributed by atoms with van der Waals surface area (Å²) in [6.07, 6.45) is 5.29. The van der Waals surface area contributed by atoms with E-state index >= 15 is 0 Å². The molecule has 0 aliphatic heterocycles. The van der Waals surface area contributed by atoms with Gasteiger partial charge in [0.05, 0.1) is 0 Å². The lowest BCUT2D eigenvalue weighted by molar-refractivity contribution is 0.705. The fourth-order valence-corrected chi connectivity index (χ4v) is 2.47. The third-order valence-corrected chi connectivity index (χ3v) is 3.89. The van der Waals surface area contributed by atoms with Crippen LogP contribution in [-0.2, 0) is 21.1 Å². The summed E-state index contributed by atoms with van der Waals surface area (Å²) in [5.74, 6) is 0.373. The molecule has 0 radical (unpaired) electrons. The van der Waals surface area contributed by atoms with Crippen molar-refractivity contribution in [2.75, 3.05) is 5.43 Å². The first kappa shape index (κ1) is 16.4. The maximum atomic E-state index is 12.3. The molecule has 2 aromatic heterocycles. The molecule has 8 nitrogen and oxygen atoms in total. The number of hydrogen-bond donors (Lipinski definition) is 1. The number of fused-ring (bicyclic) bond motifs is 1. The van der Waals surface area contributed by atoms with Gasteiger partial charge in [-0.2, -0.15) is 10.1 Å². The standard InChI is InChI=1S/C17H18N6O2/c1-21-13-14(22(2)17(25)23(3)15(13)24)19-16(21)20-18-11-7-10-12-8-5-4-6-9-12/h4-11H,1-3H3,(H,19,20)/b10-7+,18-11+. The Labute approximate surface area is 143 Å². The Bertz CT molecular complexity index is 1090. The Morgan fingerprint density at radius 2 is 1.76 bits per heavy atom. The normalized spacial score (nSPS) is 11.8. The lowest BCUT2D eigenvalue weighted by atomic mass is 10.2. The molecule has 25 heavy (non-hydrogen) atoms. The number of nitrogens with one attached hydrogen (secondary N) is 1. The highest BCUT2D eigenvalue weighted by Crippen LogP contribution is 2.12. The van der Waals surface area contributed by atoms with Crippen molar-refractivity contribution in [3.63, 3.8) is 0 Å². The van der Waals surface area contributed by atoms with Gasteiger partial charge >= 0.3 is 5.69 Å². The average Bonchev–Trinajstić information content (AvgIpc) is 2.95. The predicted octanol–water partition coefficient (Wildman–Crippen LogP) is 1.08. The first-order chi connectivity index (χ1) is 12.0. The minimum absolute atomic E-state index is 0.313. The molecule has 0 atom stereocenters. The van der Waals surface area contributed by atoms with Crippen molar-refractivity contribution in [3.05, 3.63) is 62.8 Å². The molecule has 128 valence electrons. The zero-order valence-electron chi connectivity index (χ0n) is 14.2. The molecular weight excluding hydrogens is 320 g/mol. The van der Waals surface area contributed by atoms with E-state index in [1.165, 1.54) is 11.6 Å². The highest BCUT2D eigenvalue weighted by atomic mass is 16.2. The predicted molar refractivity (Wildman–Crippen MR) is 98.8 cm³/mol. The molecule has 0 aliphatic rings. The van der Waals surface area contributed by atoms with Gasteiger partial charge in [-0.3, -0.25) is 13.9 Å². The highest BCUT2D eigenvalue weighted by Gasteiger charge is 2.16. The second-order valence-electron chi connectivity index (χ2n) is 5.53. The lowest BCUT2D eigenvalue weighted by Crippen LogP contribution is -2.37. The number of aromatic nitrogens is 4. The number of aryl methyl sites for hydroxylation is 2. The van der Waals surface area contributed by atoms with Crippen LogP contribution < -0.4 is 16.7 Å². The largest absolute Gasteiger partial charge is 0.332 e. The average molecular weight is 338 g/mol. The van der Waals surface area contributed by atoms with E-state index in [1.807, 2.05) is 36.4 Å². The summed E-state index contributed by atoms with van der Waals surface area (Å²) < 4.78 is 3.97. The third kappa shape index (κ3) is 3.01. The second-order valence-corrected chi connectivity index (χ2v) is 5.53. The minimum Gasteiger partial charge on any atom is -0.306 e. The Morgan fingerprint density at radius 3 is 2.48 bits per heavy atom. The summed E-state index contributed by atoms with van der Waals surface area (Å²) in [5.41, 5.74) is 3.69. The van der Waals surface area contributed by atoms with Gasteiger partial charge in [-0.1, -0.05) is 36.4 Å². The minimum atomic E-state index is -0.420. The Hall–Kier alpha value is -3.42. The van der Waals surface area contributed by atoms with Crippen molar-refractivity contribution in [2.45, 2.75) is 0 Å². The Balaban J connectivity index is 1.87. The molecule has 3 rings (SSSR count). The van der Waals surface area contributed by atoms with Crippen LogP contribution in [0.5, 0.6) is 0 Å². The molecule has 1 aromatic carbocycles. The van der Waals surface area contributed by atoms with Crippen LogP contribution >= 0.6 is 0 Å². The fraction of sp³-hybridized carbons (Fsp3) is 0.176. The van der Waals surface area contributed by atoms with Gasteiger partial charge in [0, 0.05) is 27.4 Å². The molecule has 0 saturated carbocycles. The van der Waals surface area contributed by atoms with E-state index in [0.717, 1.165) is 10.1 Å². The number of allylic oxidation sites excluding steroid dienone is 1. The van der Waals surface area contributed by atoms with E-state index in [4.69, 9.17) is 0 Å². The van der Waals surface area contributed by atoms with Crippen molar-refractivity contribution in [1.82, 2.24) is 18.7 Å². The number of hydrazone groups is 1. The molecule has 0 amide bonds. The van der Waals surface area contributed by atoms with Crippen LogP contribution in [0.4, 0.5) is 5.95 Å². The number of benzene rings is 1. The number of hydrogen-bond acceptors (Lipinski definition) is 5. The summed E-state index contributed by atoms with van der Waals surface area (Å²) >= 11 is 0. The van der Waals surface area contributed by atoms with Gasteiger partial charge < -0.3 is 4.57 Å². The zero-order chi connectivity index (χ0) is 18.0. The van der Waals surface area contributed by atoms with E-state index < -0.39 is 11.2 Å². The molecule has 0 bridgehead atoms. The molecule has 0 saturated heterocycles. The topological polar surface area (TPSA) is 86.2 Å². The van der Waals surface area contributed by atoms with Crippen LogP contribution in [0.3, 0.4) is 0 Å². The number of anilines is 1. The molecule has 1 N–H and O–H groups in total. The van der Waals surface area contributed by atoms with E-state index in [-0.39, 0.29) is 0 Å². The van der Waals surface area contributed by atoms with Crippen LogP contribution in [0.1, 0.15) is 5.56 Å². The smallest absolute Gasteiger partial charge is 0.306 e. The van der Waals surface area contributed by atoms with E-state index in [2.05, 4.69) is 15.5 Å². The molecule has 0 aliphatic carbocycles. The second kappa shape index (κ2) is 6.60. The van der Waals surface area contributed by atoms with E-state index in [1.54, 1.807) is 31.0 Å². The van der Waals surface area contributed by atoms with Gasteiger partial charge in [-0.15, -0.1) is 0 Å². The monoisotopic (exact) mass is 338 g/mol. The SMILES string of the molecule is Cn1c(=O)c2c(nc(N/N=C/C=C/c3ccccc3)n2C)n(C)c1=O. The van der Waals surface area contributed by atoms with Crippen molar-refractivity contribution < 1.29 is 0 Å². The van der Waals surface area contributed by atoms with Crippen molar-refractivity contribution in [3.8, 4) is 0 Å². The summed E-state index contributed by atoms with van der Waals surface area (Å²) in [5, 5.41) is 4.08. The maximum absolute atomic E-state index is 12.3. The number of nitrogens with zero attached hydrogens (tertiary/aromatic N) is 5. The van der Waals surface area contributed by atoms with Crippen LogP contribution in [-0.4, -0.2) is 24.9 Å². The summed E-state index contributed by atoms with van der Waals surface area (Å²) in [6, 6.07) is 9.84. The van der Waals surface area contributed by atoms with Crippen molar-refractivity contribution >= 4 is 29.4 Å². The molecule has 0 unspecified atom stereocenters. The van der Waals surface area contributed by atoms with E-state index in [9.17, 15) is 9.59 Å². The molecule has 0 fully saturated rings. The van der Waals surface area contributed by atoms with Gasteiger partial charge in [-0.05, 0) is 11.6 Å². The van der Waals surface area contributed by atoms with Gasteiger partial charge in [-0.25, -0.2) is 10.2 Å². The summed E-state index contributed by atoms with van der Waals surface area (Å²) in [4.78, 5) is 28.5. The van der Waals surface area contributed by atoms with Crippen molar-refractivity contribution in [1.29, 1.82) is 0 Å². The number of rotatable bonds is 4. The maximum Gasteiger partial charge on any atom is 0.332 e. The fourth-order valence-electron chi connectivity index (χ4n) is 2.47. The Morgan fingerprint density at radius 1 is 1.04 bits per heavy atom. The van der Waals surface area contributed by atoms with Gasteiger partial charge in [0.2, 0.25) is 5.95 Å². The van der Waals surface area contributed by atoms with Gasteiger partial charge in [0.1, 0.15) is 0 Å². The van der Waals surface area contributed by atoms with Crippen LogP contribution in [0.2, 0.25) is 0 Å². The summed E-state index contributed by atoms with van der Waals surface area (Å²) in [6.45, 7) is 0. The first-order valence-corrected chi connectivity index (χ1v) is 7.64. The van der Waals surface area contributed by atoms with E-state index in [0.29, 0.717) is 17.1 Å². The summed E-state index contributed by atoms with van der Waals surface area (Å²) in [7, 11) is 4.71. The van der Waals surface area contributed by atoms with Crippen molar-refractivity contribution in [2.24, 2.45) is 26.2 Å². The third-order valence-electron chi connectivity index (χ3n) is 3.89. The number of imidazole rings is 1. The molecule has 3 aromatic rings. The molecule has 2 heterocycles. The first-order valence-electron chi connectivity index (χ1n) is 7.64. The van der Waals surface area contributed by atoms with Crippen LogP contribution in [0.25, 0.3) is 17.2 Å². The zero-order valence-corrected chi connectivity index (χ0v) is 14.2. The molecule has 8 heteroatoms. The Kier molecular flexibility index (Phi) is 4.34. The highest BCUT2D eigenvalue weighted by molar-refractivity contribution is 5.79. The lowest BCUT2D eigenvalue weighted by Gasteiger charge is -2.03. The van der Waals surface area contributed by atoms with Crippen LogP contribution in [0.15, 0.2) is 51.1 Å².